The van der Waals surface area contributed by atoms with Crippen LogP contribution >= 0.6 is 0 Å². The molecule has 3 aliphatic rings. The number of nitrogens with zero attached hydrogens (tertiary/aromatic N) is 4. The second-order valence-electron chi connectivity index (χ2n) is 9.75. The zero-order chi connectivity index (χ0) is 21.8. The van der Waals surface area contributed by atoms with Crippen LogP contribution in [0.5, 0.6) is 0 Å². The first-order valence-electron chi connectivity index (χ1n) is 11.8. The Balaban J connectivity index is 1.39. The van der Waals surface area contributed by atoms with E-state index < -0.39 is 6.04 Å². The first-order valence-corrected chi connectivity index (χ1v) is 11.8. The molecule has 0 aliphatic carbocycles. The summed E-state index contributed by atoms with van der Waals surface area (Å²) in [6, 6.07) is 0.582. The maximum atomic E-state index is 13.0. The monoisotopic (exact) mass is 422 g/mol. The Kier molecular flexibility index (Phi) is 8.12. The van der Waals surface area contributed by atoms with Gasteiger partial charge in [-0.3, -0.25) is 19.4 Å². The lowest BCUT2D eigenvalue weighted by Gasteiger charge is -2.39. The van der Waals surface area contributed by atoms with Crippen molar-refractivity contribution in [1.29, 1.82) is 0 Å². The van der Waals surface area contributed by atoms with E-state index in [1.807, 2.05) is 4.90 Å². The van der Waals surface area contributed by atoms with Crippen molar-refractivity contribution < 1.29 is 9.59 Å². The molecule has 0 aromatic rings. The minimum Gasteiger partial charge on any atom is -0.339 e. The maximum absolute atomic E-state index is 13.0. The highest BCUT2D eigenvalue weighted by Crippen LogP contribution is 2.24. The number of nitrogens with one attached hydrogen (secondary N) is 1. The van der Waals surface area contributed by atoms with Gasteiger partial charge in [0, 0.05) is 64.4 Å². The van der Waals surface area contributed by atoms with Crippen molar-refractivity contribution in [2.24, 2.45) is 11.7 Å². The molecule has 0 spiro atoms. The van der Waals surface area contributed by atoms with Gasteiger partial charge in [0.05, 0.1) is 12.1 Å². The van der Waals surface area contributed by atoms with E-state index in [4.69, 9.17) is 5.73 Å². The first kappa shape index (κ1) is 23.4. The van der Waals surface area contributed by atoms with E-state index in [0.29, 0.717) is 18.0 Å². The van der Waals surface area contributed by atoms with Crippen LogP contribution in [-0.2, 0) is 9.59 Å². The van der Waals surface area contributed by atoms with E-state index in [1.54, 1.807) is 6.92 Å². The van der Waals surface area contributed by atoms with Gasteiger partial charge in [-0.05, 0) is 53.0 Å². The van der Waals surface area contributed by atoms with Crippen molar-refractivity contribution in [3.05, 3.63) is 0 Å². The van der Waals surface area contributed by atoms with E-state index in [2.05, 4.69) is 40.8 Å². The number of hydrogen-bond donors (Lipinski definition) is 2. The fraction of sp³-hybridized carbons (Fsp3) is 0.909. The molecule has 2 unspecified atom stereocenters. The average molecular weight is 423 g/mol. The van der Waals surface area contributed by atoms with Crippen LogP contribution in [0.4, 0.5) is 0 Å². The summed E-state index contributed by atoms with van der Waals surface area (Å²) in [4.78, 5) is 33.9. The predicted octanol–water partition coefficient (Wildman–Crippen LogP) is -0.213. The third-order valence-corrected chi connectivity index (χ3v) is 7.19. The van der Waals surface area contributed by atoms with Gasteiger partial charge in [-0.2, -0.15) is 0 Å². The molecule has 30 heavy (non-hydrogen) atoms. The van der Waals surface area contributed by atoms with Crippen molar-refractivity contribution in [2.45, 2.75) is 64.7 Å². The van der Waals surface area contributed by atoms with E-state index >= 15 is 0 Å². The quantitative estimate of drug-likeness (QED) is 0.616. The van der Waals surface area contributed by atoms with Crippen LogP contribution in [0.25, 0.3) is 0 Å². The Morgan fingerprint density at radius 3 is 2.03 bits per heavy atom. The summed E-state index contributed by atoms with van der Waals surface area (Å²) < 4.78 is 0. The highest BCUT2D eigenvalue weighted by Gasteiger charge is 2.35. The second-order valence-corrected chi connectivity index (χ2v) is 9.75. The molecule has 8 heteroatoms. The maximum Gasteiger partial charge on any atom is 0.239 e. The Labute approximate surface area is 182 Å². The highest BCUT2D eigenvalue weighted by molar-refractivity contribution is 5.82. The van der Waals surface area contributed by atoms with Crippen LogP contribution in [-0.4, -0.2) is 114 Å². The van der Waals surface area contributed by atoms with Gasteiger partial charge in [0.2, 0.25) is 11.8 Å². The van der Waals surface area contributed by atoms with E-state index in [9.17, 15) is 9.59 Å². The summed E-state index contributed by atoms with van der Waals surface area (Å²) in [7, 11) is 0. The van der Waals surface area contributed by atoms with Gasteiger partial charge >= 0.3 is 0 Å². The molecule has 3 saturated heterocycles. The van der Waals surface area contributed by atoms with Gasteiger partial charge in [0.25, 0.3) is 0 Å². The zero-order valence-electron chi connectivity index (χ0n) is 19.3. The van der Waals surface area contributed by atoms with Gasteiger partial charge in [-0.25, -0.2) is 0 Å². The number of nitrogens with two attached hydrogens (primary N) is 1. The SMILES string of the molecule is CC(C)N1CCN(C(=O)[C@@H]2CC(CC(C)N3CCN(C(=O)[C@@H](C)N)CC3)CN2)CC1. The summed E-state index contributed by atoms with van der Waals surface area (Å²) in [5.41, 5.74) is 5.74. The molecule has 4 atom stereocenters. The van der Waals surface area contributed by atoms with Crippen molar-refractivity contribution >= 4 is 11.8 Å². The molecule has 3 N–H and O–H groups in total. The van der Waals surface area contributed by atoms with Crippen LogP contribution in [0.1, 0.15) is 40.5 Å². The fourth-order valence-corrected chi connectivity index (χ4v) is 5.16. The minimum atomic E-state index is -0.415. The molecule has 172 valence electrons. The third-order valence-electron chi connectivity index (χ3n) is 7.19. The Hall–Kier alpha value is -1.22. The fourth-order valence-electron chi connectivity index (χ4n) is 5.16. The van der Waals surface area contributed by atoms with Gasteiger partial charge in [0.1, 0.15) is 0 Å². The van der Waals surface area contributed by atoms with Crippen LogP contribution in [0.2, 0.25) is 0 Å². The van der Waals surface area contributed by atoms with Crippen molar-refractivity contribution in [2.75, 3.05) is 58.9 Å². The van der Waals surface area contributed by atoms with Crippen LogP contribution in [0, 0.1) is 5.92 Å². The number of piperazine rings is 2. The molecular weight excluding hydrogens is 380 g/mol. The van der Waals surface area contributed by atoms with Crippen LogP contribution in [0.3, 0.4) is 0 Å². The lowest BCUT2D eigenvalue weighted by molar-refractivity contribution is -0.135. The molecule has 0 radical (unpaired) electrons. The second kappa shape index (κ2) is 10.4. The lowest BCUT2D eigenvalue weighted by Crippen LogP contribution is -2.54. The number of carbonyl (C=O) groups excluding carboxylic acids is 2. The van der Waals surface area contributed by atoms with Gasteiger partial charge in [0.15, 0.2) is 0 Å². The topological polar surface area (TPSA) is 85.2 Å². The molecule has 0 bridgehead atoms. The van der Waals surface area contributed by atoms with E-state index in [0.717, 1.165) is 71.7 Å². The molecule has 3 fully saturated rings. The number of rotatable bonds is 6. The predicted molar refractivity (Wildman–Crippen MR) is 119 cm³/mol. The Morgan fingerprint density at radius 1 is 0.900 bits per heavy atom. The van der Waals surface area contributed by atoms with E-state index in [1.165, 1.54) is 0 Å². The minimum absolute atomic E-state index is 0.0201. The highest BCUT2D eigenvalue weighted by atomic mass is 16.2. The van der Waals surface area contributed by atoms with Crippen LogP contribution < -0.4 is 11.1 Å². The number of hydrogen-bond acceptors (Lipinski definition) is 6. The molecule has 3 rings (SSSR count). The van der Waals surface area contributed by atoms with E-state index in [-0.39, 0.29) is 17.9 Å². The average Bonchev–Trinajstić information content (AvgIpc) is 3.21. The Bertz CT molecular complexity index is 582. The standard InChI is InChI=1S/C22H42N6O2/c1-16(2)25-5-9-28(10-6-25)22(30)20-14-19(15-24-20)13-17(3)26-7-11-27(12-8-26)21(29)18(4)23/h16-20,24H,5-15,23H2,1-4H3/t17?,18-,19?,20+/m1/s1. The largest absolute Gasteiger partial charge is 0.339 e. The Morgan fingerprint density at radius 2 is 1.47 bits per heavy atom. The molecule has 0 saturated carbocycles. The van der Waals surface area contributed by atoms with Crippen LogP contribution in [0.15, 0.2) is 0 Å². The summed E-state index contributed by atoms with van der Waals surface area (Å²) >= 11 is 0. The molecule has 3 heterocycles. The van der Waals surface area contributed by atoms with Gasteiger partial charge in [-0.1, -0.05) is 0 Å². The van der Waals surface area contributed by atoms with Gasteiger partial charge < -0.3 is 20.9 Å². The number of carbonyl (C=O) groups is 2. The molecule has 3 aliphatic heterocycles. The summed E-state index contributed by atoms with van der Waals surface area (Å²) in [6.07, 6.45) is 2.04. The lowest BCUT2D eigenvalue weighted by atomic mass is 9.96. The molecule has 2 amide bonds. The summed E-state index contributed by atoms with van der Waals surface area (Å²) in [6.45, 7) is 16.4. The van der Waals surface area contributed by atoms with Gasteiger partial charge in [-0.15, -0.1) is 0 Å². The van der Waals surface area contributed by atoms with Crippen molar-refractivity contribution in [3.63, 3.8) is 0 Å². The molecule has 8 nitrogen and oxygen atoms in total. The molecular formula is C22H42N6O2. The summed E-state index contributed by atoms with van der Waals surface area (Å²) in [5.74, 6) is 0.879. The first-order chi connectivity index (χ1) is 14.3. The smallest absolute Gasteiger partial charge is 0.239 e. The number of amides is 2. The molecule has 0 aromatic carbocycles. The van der Waals surface area contributed by atoms with Crippen molar-refractivity contribution in [1.82, 2.24) is 24.9 Å². The third kappa shape index (κ3) is 5.72. The normalized spacial score (nSPS) is 28.7. The summed E-state index contributed by atoms with van der Waals surface area (Å²) in [5, 5.41) is 3.49. The van der Waals surface area contributed by atoms with Crippen molar-refractivity contribution in [3.8, 4) is 0 Å². The molecule has 0 aromatic heterocycles. The zero-order valence-corrected chi connectivity index (χ0v) is 19.3.